The van der Waals surface area contributed by atoms with Crippen LogP contribution in [0.25, 0.3) is 0 Å². The molecule has 0 unspecified atom stereocenters. The fourth-order valence-corrected chi connectivity index (χ4v) is 5.77. The van der Waals surface area contributed by atoms with Crippen molar-refractivity contribution < 1.29 is 33.4 Å². The standard InChI is InChI=1S/C31H44N4O7S/c1-5-6-14-43-20-24-17-27(42-22(24)3)31(40)35-12-8-7-11-34(4)30(39)21(2)33-28(37)19-41-26-16-23(15-25(36)18-26)29(38)32-10-9-13-35/h15-18,21,36H,5-14,19-20H2,1-4H3,(H,32,38)(H,33,37)/t21-/m0/s1. The van der Waals surface area contributed by atoms with E-state index < -0.39 is 17.9 Å². The van der Waals surface area contributed by atoms with Crippen LogP contribution in [0.4, 0.5) is 0 Å². The van der Waals surface area contributed by atoms with E-state index in [1.54, 1.807) is 23.8 Å². The number of benzene rings is 1. The lowest BCUT2D eigenvalue weighted by Crippen LogP contribution is -2.47. The van der Waals surface area contributed by atoms with Crippen LogP contribution in [0.1, 0.15) is 78.2 Å². The van der Waals surface area contributed by atoms with Crippen molar-refractivity contribution in [1.29, 1.82) is 0 Å². The van der Waals surface area contributed by atoms with E-state index in [1.807, 2.05) is 24.8 Å². The van der Waals surface area contributed by atoms with E-state index in [0.29, 0.717) is 51.2 Å². The van der Waals surface area contributed by atoms with Gasteiger partial charge in [-0.3, -0.25) is 19.2 Å². The predicted octanol–water partition coefficient (Wildman–Crippen LogP) is 3.72. The van der Waals surface area contributed by atoms with E-state index in [2.05, 4.69) is 17.6 Å². The monoisotopic (exact) mass is 616 g/mol. The Bertz CT molecular complexity index is 1260. The van der Waals surface area contributed by atoms with Crippen LogP contribution < -0.4 is 15.4 Å². The highest BCUT2D eigenvalue weighted by Gasteiger charge is 2.23. The van der Waals surface area contributed by atoms with Crippen molar-refractivity contribution in [2.24, 2.45) is 0 Å². The first kappa shape index (κ1) is 33.8. The van der Waals surface area contributed by atoms with Crippen LogP contribution in [-0.2, 0) is 15.3 Å². The average Bonchev–Trinajstić information content (AvgIpc) is 3.35. The number of amides is 4. The maximum atomic E-state index is 13.5. The zero-order valence-electron chi connectivity index (χ0n) is 25.6. The molecule has 2 heterocycles. The van der Waals surface area contributed by atoms with E-state index in [1.165, 1.54) is 18.2 Å². The summed E-state index contributed by atoms with van der Waals surface area (Å²) < 4.78 is 11.4. The lowest BCUT2D eigenvalue weighted by molar-refractivity contribution is -0.135. The summed E-state index contributed by atoms with van der Waals surface area (Å²) in [6, 6.07) is 5.09. The number of nitrogens with zero attached hydrogens (tertiary/aromatic N) is 2. The summed E-state index contributed by atoms with van der Waals surface area (Å²) in [5.74, 6) is 1.43. The molecule has 2 aromatic rings. The number of hydrogen-bond acceptors (Lipinski definition) is 8. The topological polar surface area (TPSA) is 141 Å². The van der Waals surface area contributed by atoms with Crippen molar-refractivity contribution >= 4 is 35.4 Å². The second-order valence-electron chi connectivity index (χ2n) is 10.8. The van der Waals surface area contributed by atoms with Crippen LogP contribution in [-0.4, -0.2) is 90.2 Å². The van der Waals surface area contributed by atoms with E-state index in [9.17, 15) is 24.3 Å². The molecule has 1 aliphatic heterocycles. The molecule has 0 aliphatic carbocycles. The van der Waals surface area contributed by atoms with Gasteiger partial charge in [-0.15, -0.1) is 0 Å². The highest BCUT2D eigenvalue weighted by atomic mass is 32.2. The van der Waals surface area contributed by atoms with Crippen molar-refractivity contribution in [3.05, 3.63) is 46.9 Å². The van der Waals surface area contributed by atoms with Gasteiger partial charge in [0, 0.05) is 56.2 Å². The van der Waals surface area contributed by atoms with Crippen LogP contribution >= 0.6 is 11.8 Å². The molecule has 1 aromatic carbocycles. The molecule has 0 saturated heterocycles. The molecule has 0 fully saturated rings. The van der Waals surface area contributed by atoms with Crippen molar-refractivity contribution in [2.45, 2.75) is 64.7 Å². The molecule has 3 rings (SSSR count). The number of carbonyl (C=O) groups excluding carboxylic acids is 4. The zero-order chi connectivity index (χ0) is 31.4. The quantitative estimate of drug-likeness (QED) is 0.417. The fraction of sp³-hybridized carbons (Fsp3) is 0.548. The summed E-state index contributed by atoms with van der Waals surface area (Å²) in [6.45, 7) is 6.85. The van der Waals surface area contributed by atoms with E-state index in [0.717, 1.165) is 35.7 Å². The summed E-state index contributed by atoms with van der Waals surface area (Å²) in [7, 11) is 1.68. The molecule has 43 heavy (non-hydrogen) atoms. The van der Waals surface area contributed by atoms with Gasteiger partial charge in [0.05, 0.1) is 0 Å². The molecule has 3 N–H and O–H groups in total. The summed E-state index contributed by atoms with van der Waals surface area (Å²) >= 11 is 1.82. The minimum Gasteiger partial charge on any atom is -0.508 e. The number of furan rings is 1. The third-order valence-corrected chi connectivity index (χ3v) is 8.22. The third-order valence-electron chi connectivity index (χ3n) is 7.13. The summed E-state index contributed by atoms with van der Waals surface area (Å²) in [4.78, 5) is 54.8. The molecule has 4 amide bonds. The number of aryl methyl sites for hydroxylation is 1. The molecule has 0 saturated carbocycles. The molecule has 11 nitrogen and oxygen atoms in total. The molecule has 1 atom stereocenters. The Balaban J connectivity index is 1.74. The van der Waals surface area contributed by atoms with Gasteiger partial charge in [-0.1, -0.05) is 13.3 Å². The number of fused-ring (bicyclic) bond motifs is 2. The van der Waals surface area contributed by atoms with Crippen molar-refractivity contribution in [3.63, 3.8) is 0 Å². The first-order chi connectivity index (χ1) is 20.6. The molecule has 0 radical (unpaired) electrons. The van der Waals surface area contributed by atoms with Gasteiger partial charge >= 0.3 is 0 Å². The Labute approximate surface area is 257 Å². The predicted molar refractivity (Wildman–Crippen MR) is 165 cm³/mol. The molecular weight excluding hydrogens is 572 g/mol. The number of rotatable bonds is 6. The molecule has 1 aliphatic rings. The van der Waals surface area contributed by atoms with E-state index in [-0.39, 0.29) is 35.5 Å². The largest absolute Gasteiger partial charge is 0.508 e. The van der Waals surface area contributed by atoms with Gasteiger partial charge in [0.1, 0.15) is 23.3 Å². The highest BCUT2D eigenvalue weighted by molar-refractivity contribution is 7.98. The van der Waals surface area contributed by atoms with Gasteiger partial charge in [0.25, 0.3) is 17.7 Å². The molecule has 0 spiro atoms. The lowest BCUT2D eigenvalue weighted by atomic mass is 10.2. The lowest BCUT2D eigenvalue weighted by Gasteiger charge is -2.24. The summed E-state index contributed by atoms with van der Waals surface area (Å²) in [6.07, 6.45) is 4.08. The first-order valence-corrected chi connectivity index (χ1v) is 16.0. The summed E-state index contributed by atoms with van der Waals surface area (Å²) in [5.41, 5.74) is 1.18. The second kappa shape index (κ2) is 16.8. The van der Waals surface area contributed by atoms with Gasteiger partial charge in [-0.2, -0.15) is 11.8 Å². The Morgan fingerprint density at radius 3 is 2.60 bits per heavy atom. The number of ether oxygens (including phenoxy) is 1. The van der Waals surface area contributed by atoms with Gasteiger partial charge in [-0.05, 0) is 63.5 Å². The molecule has 1 aromatic heterocycles. The third kappa shape index (κ3) is 10.5. The maximum Gasteiger partial charge on any atom is 0.289 e. The van der Waals surface area contributed by atoms with Crippen LogP contribution in [0.2, 0.25) is 0 Å². The van der Waals surface area contributed by atoms with Gasteiger partial charge in [0.2, 0.25) is 5.91 Å². The number of phenols is 1. The van der Waals surface area contributed by atoms with Crippen molar-refractivity contribution in [1.82, 2.24) is 20.4 Å². The molecule has 12 heteroatoms. The normalized spacial score (nSPS) is 18.0. The number of phenolic OH excluding ortho intramolecular Hbond substituents is 1. The number of hydrogen-bond donors (Lipinski definition) is 3. The second-order valence-corrected chi connectivity index (χ2v) is 11.9. The van der Waals surface area contributed by atoms with Gasteiger partial charge in [0.15, 0.2) is 12.4 Å². The Kier molecular flexibility index (Phi) is 13.2. The fourth-order valence-electron chi connectivity index (χ4n) is 4.63. The highest BCUT2D eigenvalue weighted by Crippen LogP contribution is 2.23. The number of carbonyl (C=O) groups is 4. The van der Waals surface area contributed by atoms with Crippen LogP contribution in [0.3, 0.4) is 0 Å². The minimum atomic E-state index is -0.771. The Hall–Kier alpha value is -3.67. The number of aromatic hydroxyl groups is 1. The zero-order valence-corrected chi connectivity index (χ0v) is 26.4. The molecule has 236 valence electrons. The Morgan fingerprint density at radius 1 is 1.09 bits per heavy atom. The van der Waals surface area contributed by atoms with Crippen LogP contribution in [0, 0.1) is 6.92 Å². The minimum absolute atomic E-state index is 0.138. The summed E-state index contributed by atoms with van der Waals surface area (Å²) in [5, 5.41) is 15.5. The molecular formula is C31H44N4O7S. The van der Waals surface area contributed by atoms with Crippen LogP contribution in [0.5, 0.6) is 11.5 Å². The van der Waals surface area contributed by atoms with Gasteiger partial charge < -0.3 is 34.7 Å². The smallest absolute Gasteiger partial charge is 0.289 e. The van der Waals surface area contributed by atoms with E-state index in [4.69, 9.17) is 9.15 Å². The number of thioether (sulfide) groups is 1. The molecule has 2 bridgehead atoms. The SMILES string of the molecule is CCCCSCc1cc(C(=O)N2CCCCN(C)C(=O)[C@H](C)NC(=O)COc3cc(O)cc(c3)C(=O)NCCC2)oc1C. The Morgan fingerprint density at radius 2 is 1.84 bits per heavy atom. The number of likely N-dealkylation sites (N-methyl/N-ethyl adjacent to an activating group) is 1. The maximum absolute atomic E-state index is 13.5. The first-order valence-electron chi connectivity index (χ1n) is 14.8. The van der Waals surface area contributed by atoms with Crippen molar-refractivity contribution in [2.75, 3.05) is 45.6 Å². The van der Waals surface area contributed by atoms with E-state index >= 15 is 0 Å². The van der Waals surface area contributed by atoms with Crippen molar-refractivity contribution in [3.8, 4) is 11.5 Å². The van der Waals surface area contributed by atoms with Gasteiger partial charge in [-0.25, -0.2) is 0 Å². The number of unbranched alkanes of at least 4 members (excludes halogenated alkanes) is 1. The average molecular weight is 617 g/mol. The number of nitrogens with one attached hydrogen (secondary N) is 2. The van der Waals surface area contributed by atoms with Crippen LogP contribution in [0.15, 0.2) is 28.7 Å².